The van der Waals surface area contributed by atoms with Crippen molar-refractivity contribution in [1.82, 2.24) is 14.9 Å². The number of rotatable bonds is 8. The highest BCUT2D eigenvalue weighted by atomic mass is 35.6. The Hall–Kier alpha value is -2.33. The average Bonchev–Trinajstić information content (AvgIpc) is 3.32. The van der Waals surface area contributed by atoms with Crippen LogP contribution in [0.3, 0.4) is 0 Å². The van der Waals surface area contributed by atoms with Crippen LogP contribution in [0, 0.1) is 5.92 Å². The van der Waals surface area contributed by atoms with Crippen LogP contribution in [0.15, 0.2) is 79.1 Å². The number of imidazole rings is 1. The van der Waals surface area contributed by atoms with Gasteiger partial charge in [-0.15, -0.1) is 0 Å². The first-order chi connectivity index (χ1) is 20.5. The van der Waals surface area contributed by atoms with E-state index in [1.165, 1.54) is 0 Å². The van der Waals surface area contributed by atoms with Crippen molar-refractivity contribution in [3.8, 4) is 11.1 Å². The zero-order valence-electron chi connectivity index (χ0n) is 22.9. The number of alkyl halides is 3. The maximum absolute atomic E-state index is 12.0. The molecule has 0 radical (unpaired) electrons. The van der Waals surface area contributed by atoms with Gasteiger partial charge in [0.1, 0.15) is 5.15 Å². The van der Waals surface area contributed by atoms with Crippen molar-refractivity contribution < 1.29 is 19.4 Å². The normalized spacial score (nSPS) is 20.6. The number of aliphatic hydroxyl groups is 1. The van der Waals surface area contributed by atoms with Crippen LogP contribution in [0.2, 0.25) is 10.3 Å². The van der Waals surface area contributed by atoms with Gasteiger partial charge in [0.15, 0.2) is 11.4 Å². The molecule has 226 valence electrons. The van der Waals surface area contributed by atoms with Crippen molar-refractivity contribution in [2.75, 3.05) is 0 Å². The van der Waals surface area contributed by atoms with Crippen LogP contribution in [0.4, 0.5) is 0 Å². The summed E-state index contributed by atoms with van der Waals surface area (Å²) >= 11 is 29.5. The summed E-state index contributed by atoms with van der Waals surface area (Å²) in [5.74, 6) is -0.753. The van der Waals surface area contributed by atoms with E-state index in [9.17, 15) is 9.90 Å². The number of ether oxygens (including phenoxy) is 2. The number of hydrogen-bond acceptors (Lipinski definition) is 5. The highest BCUT2D eigenvalue weighted by Gasteiger charge is 2.39. The van der Waals surface area contributed by atoms with E-state index in [2.05, 4.69) is 17.2 Å². The largest absolute Gasteiger partial charge is 0.392 e. The summed E-state index contributed by atoms with van der Waals surface area (Å²) < 4.78 is 12.9. The van der Waals surface area contributed by atoms with Crippen molar-refractivity contribution in [2.24, 2.45) is 5.92 Å². The van der Waals surface area contributed by atoms with Gasteiger partial charge in [0.25, 0.3) is 9.70 Å². The lowest BCUT2D eigenvalue weighted by Gasteiger charge is -2.41. The second kappa shape index (κ2) is 13.8. The molecule has 0 aliphatic carbocycles. The Kier molecular flexibility index (Phi) is 10.3. The number of nitrogens with zero attached hydrogens (tertiary/aromatic N) is 2. The Balaban J connectivity index is 1.42. The zero-order valence-corrected chi connectivity index (χ0v) is 26.7. The molecule has 0 spiro atoms. The molecule has 2 N–H and O–H groups in total. The van der Waals surface area contributed by atoms with E-state index < -0.39 is 16.0 Å². The minimum Gasteiger partial charge on any atom is -0.392 e. The minimum atomic E-state index is -2.03. The monoisotopic (exact) mass is 681 g/mol. The fourth-order valence-corrected chi connectivity index (χ4v) is 5.51. The quantitative estimate of drug-likeness (QED) is 0.185. The molecule has 1 fully saturated rings. The molecule has 4 atom stereocenters. The molecule has 7 nitrogen and oxygen atoms in total. The molecule has 0 bridgehead atoms. The van der Waals surface area contributed by atoms with Crippen molar-refractivity contribution in [1.29, 1.82) is 0 Å². The van der Waals surface area contributed by atoms with E-state index >= 15 is 0 Å². The number of carbonyl (C=O) groups excluding carboxylic acids is 1. The predicted octanol–water partition coefficient (Wildman–Crippen LogP) is 7.83. The van der Waals surface area contributed by atoms with Crippen molar-refractivity contribution in [2.45, 2.75) is 48.9 Å². The van der Waals surface area contributed by atoms with Gasteiger partial charge in [-0.2, -0.15) is 0 Å². The molecule has 43 heavy (non-hydrogen) atoms. The molecule has 1 saturated heterocycles. The maximum atomic E-state index is 12.0. The summed E-state index contributed by atoms with van der Waals surface area (Å²) in [5.41, 5.74) is 5.32. The lowest BCUT2D eigenvalue weighted by molar-refractivity contribution is -0.276. The Bertz CT molecular complexity index is 1570. The van der Waals surface area contributed by atoms with Gasteiger partial charge < -0.3 is 24.5 Å². The number of aromatic nitrogens is 2. The van der Waals surface area contributed by atoms with E-state index in [1.807, 2.05) is 72.8 Å². The van der Waals surface area contributed by atoms with Gasteiger partial charge >= 0.3 is 0 Å². The molecular weight excluding hydrogens is 656 g/mol. The summed E-state index contributed by atoms with van der Waals surface area (Å²) in [7, 11) is 0. The molecule has 1 aliphatic rings. The van der Waals surface area contributed by atoms with Gasteiger partial charge in [-0.25, -0.2) is 4.98 Å². The molecule has 1 aliphatic heterocycles. The summed E-state index contributed by atoms with van der Waals surface area (Å²) in [6.07, 6.45) is 0.313. The van der Waals surface area contributed by atoms with E-state index in [-0.39, 0.29) is 36.4 Å². The van der Waals surface area contributed by atoms with Crippen LogP contribution in [-0.4, -0.2) is 30.5 Å². The van der Waals surface area contributed by atoms with Crippen LogP contribution >= 0.6 is 58.0 Å². The van der Waals surface area contributed by atoms with Crippen LogP contribution in [0.5, 0.6) is 0 Å². The fourth-order valence-electron chi connectivity index (χ4n) is 5.00. The summed E-state index contributed by atoms with van der Waals surface area (Å²) in [5, 5.41) is 12.7. The molecular formula is C31H28Cl5N3O4. The molecule has 2 heterocycles. The third-order valence-corrected chi connectivity index (χ3v) is 8.65. The number of aliphatic hydroxyl groups excluding tert-OH is 1. The van der Waals surface area contributed by atoms with E-state index in [4.69, 9.17) is 67.5 Å². The highest BCUT2D eigenvalue weighted by Crippen LogP contribution is 2.43. The first-order valence-electron chi connectivity index (χ1n) is 13.4. The second-order valence-electron chi connectivity index (χ2n) is 10.3. The number of hydrogen-bond donors (Lipinski definition) is 2. The first-order valence-corrected chi connectivity index (χ1v) is 15.3. The minimum absolute atomic E-state index is 0.0388. The third kappa shape index (κ3) is 7.67. The lowest BCUT2D eigenvalue weighted by atomic mass is 9.90. The molecule has 4 aromatic rings. The van der Waals surface area contributed by atoms with Crippen molar-refractivity contribution in [3.63, 3.8) is 0 Å². The highest BCUT2D eigenvalue weighted by molar-refractivity contribution is 6.76. The summed E-state index contributed by atoms with van der Waals surface area (Å²) in [6.45, 7) is 2.66. The Morgan fingerprint density at radius 3 is 2.30 bits per heavy atom. The number of nitrogens with one attached hydrogen (secondary N) is 1. The number of carbonyl (C=O) groups is 1. The van der Waals surface area contributed by atoms with Gasteiger partial charge in [-0.05, 0) is 39.9 Å². The van der Waals surface area contributed by atoms with E-state index in [0.29, 0.717) is 11.7 Å². The number of benzene rings is 3. The topological polar surface area (TPSA) is 85.6 Å². The first kappa shape index (κ1) is 32.1. The number of amides is 1. The smallest absolute Gasteiger partial charge is 0.272 e. The molecule has 1 amide bonds. The molecule has 12 heteroatoms. The molecule has 0 unspecified atom stereocenters. The van der Waals surface area contributed by atoms with Crippen molar-refractivity contribution >= 4 is 63.9 Å². The Morgan fingerprint density at radius 2 is 1.65 bits per heavy atom. The van der Waals surface area contributed by atoms with Gasteiger partial charge in [-0.3, -0.25) is 4.79 Å². The standard InChI is InChI=1S/C31H28Cl5N3O4/c1-18-25(15-39-17-38-27(32)28(39)33)42-29(43-26(18)21-10-8-19(16-40)9-11-21)24-7-3-6-23(13-24)22-5-2-4-20(12-22)14-37-30(41)31(34,35)36/h2-13,17-18,25-26,29,40H,14-16H2,1H3,(H,37,41)/t18-,25+,26+,29+/m0/s1. The predicted molar refractivity (Wildman–Crippen MR) is 169 cm³/mol. The number of halogens is 5. The van der Waals surface area contributed by atoms with Gasteiger partial charge in [-0.1, -0.05) is 126 Å². The SMILES string of the molecule is C[C@H]1[C@@H](Cn2cnc(Cl)c2Cl)O[C@@H](c2cccc(-c3cccc(CNC(=O)C(Cl)(Cl)Cl)c3)c2)O[C@H]1c1ccc(CO)cc1. The second-order valence-corrected chi connectivity index (χ2v) is 13.3. The molecule has 3 aromatic carbocycles. The van der Waals surface area contributed by atoms with Crippen LogP contribution < -0.4 is 5.32 Å². The van der Waals surface area contributed by atoms with Gasteiger partial charge in [0, 0.05) is 18.0 Å². The lowest BCUT2D eigenvalue weighted by Crippen LogP contribution is -2.39. The maximum Gasteiger partial charge on any atom is 0.272 e. The Morgan fingerprint density at radius 1 is 0.953 bits per heavy atom. The molecule has 0 saturated carbocycles. The molecule has 5 rings (SSSR count). The Labute approximate surface area is 274 Å². The average molecular weight is 684 g/mol. The van der Waals surface area contributed by atoms with Gasteiger partial charge in [0.05, 0.1) is 31.7 Å². The van der Waals surface area contributed by atoms with Gasteiger partial charge in [0.2, 0.25) is 0 Å². The van der Waals surface area contributed by atoms with Crippen LogP contribution in [-0.2, 0) is 34.0 Å². The zero-order chi connectivity index (χ0) is 30.7. The van der Waals surface area contributed by atoms with Crippen molar-refractivity contribution in [3.05, 3.63) is 112 Å². The fraction of sp³-hybridized carbons (Fsp3) is 0.290. The van der Waals surface area contributed by atoms with E-state index in [0.717, 1.165) is 33.4 Å². The summed E-state index contributed by atoms with van der Waals surface area (Å²) in [4.78, 5) is 16.1. The van der Waals surface area contributed by atoms with Crippen LogP contribution in [0.25, 0.3) is 11.1 Å². The third-order valence-electron chi connectivity index (χ3n) is 7.36. The molecule has 1 aromatic heterocycles. The summed E-state index contributed by atoms with van der Waals surface area (Å²) in [6, 6.07) is 23.3. The van der Waals surface area contributed by atoms with E-state index in [1.54, 1.807) is 10.9 Å². The van der Waals surface area contributed by atoms with Crippen LogP contribution in [0.1, 0.15) is 41.6 Å².